The fourth-order valence-corrected chi connectivity index (χ4v) is 2.55. The fraction of sp³-hybridized carbons (Fsp3) is 0.368. The summed E-state index contributed by atoms with van der Waals surface area (Å²) >= 11 is 0. The molecule has 0 saturated carbocycles. The van der Waals surface area contributed by atoms with Crippen LogP contribution in [0.1, 0.15) is 43.0 Å². The second-order valence-electron chi connectivity index (χ2n) is 5.46. The van der Waals surface area contributed by atoms with Crippen molar-refractivity contribution < 1.29 is 4.74 Å². The quantitative estimate of drug-likeness (QED) is 0.791. The van der Waals surface area contributed by atoms with Gasteiger partial charge in [0.25, 0.3) is 0 Å². The molecule has 0 aromatic heterocycles. The first-order chi connectivity index (χ1) is 10.1. The molecule has 2 nitrogen and oxygen atoms in total. The van der Waals surface area contributed by atoms with Crippen molar-refractivity contribution in [3.63, 3.8) is 0 Å². The van der Waals surface area contributed by atoms with Gasteiger partial charge in [-0.3, -0.25) is 0 Å². The smallest absolute Gasteiger partial charge is 0.130 e. The monoisotopic (exact) mass is 283 g/mol. The summed E-state index contributed by atoms with van der Waals surface area (Å²) < 4.78 is 5.97. The second-order valence-corrected chi connectivity index (χ2v) is 5.46. The molecule has 0 bridgehead atoms. The molecule has 2 rings (SSSR count). The molecule has 0 amide bonds. The summed E-state index contributed by atoms with van der Waals surface area (Å²) in [6.45, 7) is 9.50. The first-order valence-electron chi connectivity index (χ1n) is 7.72. The Morgan fingerprint density at radius 1 is 1.00 bits per heavy atom. The Bertz CT molecular complexity index is 575. The van der Waals surface area contributed by atoms with Gasteiger partial charge in [0.2, 0.25) is 0 Å². The lowest BCUT2D eigenvalue weighted by molar-refractivity contribution is 0.477. The molecule has 0 aliphatic rings. The van der Waals surface area contributed by atoms with E-state index >= 15 is 0 Å². The number of nitrogens with one attached hydrogen (secondary N) is 1. The van der Waals surface area contributed by atoms with Gasteiger partial charge in [-0.15, -0.1) is 0 Å². The third-order valence-electron chi connectivity index (χ3n) is 3.70. The van der Waals surface area contributed by atoms with E-state index in [-0.39, 0.29) is 0 Å². The summed E-state index contributed by atoms with van der Waals surface area (Å²) in [5.74, 6) is 1.81. The molecule has 1 N–H and O–H groups in total. The molecular formula is C19H25NO. The van der Waals surface area contributed by atoms with Crippen molar-refractivity contribution in [2.75, 3.05) is 6.54 Å². The Balaban J connectivity index is 2.11. The minimum Gasteiger partial charge on any atom is -0.457 e. The van der Waals surface area contributed by atoms with Crippen LogP contribution in [0.3, 0.4) is 0 Å². The van der Waals surface area contributed by atoms with Crippen molar-refractivity contribution >= 4 is 0 Å². The van der Waals surface area contributed by atoms with E-state index in [2.05, 4.69) is 69.4 Å². The van der Waals surface area contributed by atoms with Gasteiger partial charge in [0.05, 0.1) is 0 Å². The van der Waals surface area contributed by atoms with E-state index in [1.165, 1.54) is 11.1 Å². The van der Waals surface area contributed by atoms with Gasteiger partial charge in [0, 0.05) is 6.04 Å². The Morgan fingerprint density at radius 2 is 1.71 bits per heavy atom. The minimum atomic E-state index is 0.421. The average molecular weight is 283 g/mol. The van der Waals surface area contributed by atoms with E-state index in [4.69, 9.17) is 4.74 Å². The zero-order valence-electron chi connectivity index (χ0n) is 13.4. The molecule has 1 unspecified atom stereocenters. The maximum absolute atomic E-state index is 5.97. The van der Waals surface area contributed by atoms with Crippen molar-refractivity contribution in [3.05, 3.63) is 59.2 Å². The van der Waals surface area contributed by atoms with Gasteiger partial charge < -0.3 is 10.1 Å². The highest BCUT2D eigenvalue weighted by Gasteiger charge is 2.08. The van der Waals surface area contributed by atoms with Crippen LogP contribution in [0.4, 0.5) is 0 Å². The largest absolute Gasteiger partial charge is 0.457 e. The van der Waals surface area contributed by atoms with Crippen LogP contribution in [0.25, 0.3) is 0 Å². The zero-order chi connectivity index (χ0) is 15.2. The summed E-state index contributed by atoms with van der Waals surface area (Å²) in [4.78, 5) is 0. The van der Waals surface area contributed by atoms with Gasteiger partial charge in [-0.25, -0.2) is 0 Å². The molecule has 2 aromatic rings. The molecule has 0 aliphatic heterocycles. The highest BCUT2D eigenvalue weighted by atomic mass is 16.5. The number of hydrogen-bond donors (Lipinski definition) is 1. The van der Waals surface area contributed by atoms with Gasteiger partial charge >= 0.3 is 0 Å². The Morgan fingerprint density at radius 3 is 2.29 bits per heavy atom. The predicted molar refractivity (Wildman–Crippen MR) is 89.1 cm³/mol. The van der Waals surface area contributed by atoms with Crippen LogP contribution < -0.4 is 10.1 Å². The average Bonchev–Trinajstić information content (AvgIpc) is 2.48. The number of rotatable bonds is 6. The summed E-state index contributed by atoms with van der Waals surface area (Å²) in [5, 5.41) is 3.49. The van der Waals surface area contributed by atoms with Crippen LogP contribution in [0.2, 0.25) is 0 Å². The van der Waals surface area contributed by atoms with Crippen molar-refractivity contribution in [2.24, 2.45) is 0 Å². The van der Waals surface area contributed by atoms with Crippen LogP contribution in [0.15, 0.2) is 42.5 Å². The molecule has 2 heteroatoms. The molecule has 0 heterocycles. The third-order valence-corrected chi connectivity index (χ3v) is 3.70. The molecule has 0 spiro atoms. The van der Waals surface area contributed by atoms with E-state index in [9.17, 15) is 0 Å². The normalized spacial score (nSPS) is 12.2. The van der Waals surface area contributed by atoms with Crippen molar-refractivity contribution in [3.8, 4) is 11.5 Å². The van der Waals surface area contributed by atoms with Gasteiger partial charge in [-0.2, -0.15) is 0 Å². The SMILES string of the molecule is CCNC(CC)c1ccc(Oc2ccc(C)cc2C)cc1. The van der Waals surface area contributed by atoms with Gasteiger partial charge in [-0.05, 0) is 56.1 Å². The van der Waals surface area contributed by atoms with Crippen LogP contribution in [-0.4, -0.2) is 6.54 Å². The third kappa shape index (κ3) is 4.08. The first kappa shape index (κ1) is 15.6. The van der Waals surface area contributed by atoms with E-state index in [1.54, 1.807) is 0 Å². The molecule has 21 heavy (non-hydrogen) atoms. The standard InChI is InChI=1S/C19H25NO/c1-5-18(20-6-2)16-8-10-17(11-9-16)21-19-12-7-14(3)13-15(19)4/h7-13,18,20H,5-6H2,1-4H3. The van der Waals surface area contributed by atoms with E-state index < -0.39 is 0 Å². The van der Waals surface area contributed by atoms with Gasteiger partial charge in [-0.1, -0.05) is 43.7 Å². The lowest BCUT2D eigenvalue weighted by Gasteiger charge is -2.17. The van der Waals surface area contributed by atoms with E-state index in [1.807, 2.05) is 6.07 Å². The lowest BCUT2D eigenvalue weighted by Crippen LogP contribution is -2.19. The molecule has 2 aromatic carbocycles. The van der Waals surface area contributed by atoms with Crippen molar-refractivity contribution in [1.82, 2.24) is 5.32 Å². The van der Waals surface area contributed by atoms with Crippen molar-refractivity contribution in [1.29, 1.82) is 0 Å². The minimum absolute atomic E-state index is 0.421. The van der Waals surface area contributed by atoms with E-state index in [0.717, 1.165) is 30.0 Å². The lowest BCUT2D eigenvalue weighted by atomic mass is 10.0. The van der Waals surface area contributed by atoms with Crippen molar-refractivity contribution in [2.45, 2.75) is 40.2 Å². The maximum Gasteiger partial charge on any atom is 0.130 e. The number of aryl methyl sites for hydroxylation is 2. The maximum atomic E-state index is 5.97. The summed E-state index contributed by atoms with van der Waals surface area (Å²) in [5.41, 5.74) is 3.73. The topological polar surface area (TPSA) is 21.3 Å². The summed E-state index contributed by atoms with van der Waals surface area (Å²) in [6.07, 6.45) is 1.09. The Kier molecular flexibility index (Phi) is 5.40. The number of hydrogen-bond acceptors (Lipinski definition) is 2. The summed E-state index contributed by atoms with van der Waals surface area (Å²) in [7, 11) is 0. The molecule has 0 saturated heterocycles. The highest BCUT2D eigenvalue weighted by Crippen LogP contribution is 2.27. The van der Waals surface area contributed by atoms with Crippen LogP contribution >= 0.6 is 0 Å². The van der Waals surface area contributed by atoms with Gasteiger partial charge in [0.1, 0.15) is 11.5 Å². The summed E-state index contributed by atoms with van der Waals surface area (Å²) in [6, 6.07) is 15.1. The molecule has 1 atom stereocenters. The van der Waals surface area contributed by atoms with Crippen LogP contribution in [0, 0.1) is 13.8 Å². The van der Waals surface area contributed by atoms with Crippen LogP contribution in [-0.2, 0) is 0 Å². The Hall–Kier alpha value is -1.80. The number of benzene rings is 2. The molecular weight excluding hydrogens is 258 g/mol. The zero-order valence-corrected chi connectivity index (χ0v) is 13.4. The molecule has 0 aliphatic carbocycles. The van der Waals surface area contributed by atoms with Gasteiger partial charge in [0.15, 0.2) is 0 Å². The molecule has 0 radical (unpaired) electrons. The highest BCUT2D eigenvalue weighted by molar-refractivity contribution is 5.40. The Labute approximate surface area is 128 Å². The number of ether oxygens (including phenoxy) is 1. The first-order valence-corrected chi connectivity index (χ1v) is 7.72. The second kappa shape index (κ2) is 7.28. The van der Waals surface area contributed by atoms with Crippen LogP contribution in [0.5, 0.6) is 11.5 Å². The predicted octanol–water partition coefficient (Wildman–Crippen LogP) is 5.16. The molecule has 0 fully saturated rings. The fourth-order valence-electron chi connectivity index (χ4n) is 2.55. The molecule has 112 valence electrons. The van der Waals surface area contributed by atoms with E-state index in [0.29, 0.717) is 6.04 Å².